The molecule has 0 aliphatic carbocycles. The van der Waals surface area contributed by atoms with Crippen molar-refractivity contribution in [2.45, 2.75) is 52.7 Å². The molecule has 0 spiro atoms. The molecule has 0 amide bonds. The number of aromatic amines is 1. The number of aryl methyl sites for hydroxylation is 2. The number of aromatic nitrogens is 1. The molecule has 1 saturated heterocycles. The molecule has 0 saturated carbocycles. The Bertz CT molecular complexity index is 393. The van der Waals surface area contributed by atoms with E-state index in [1.807, 2.05) is 13.8 Å². The van der Waals surface area contributed by atoms with Gasteiger partial charge in [0, 0.05) is 16.9 Å². The van der Waals surface area contributed by atoms with Gasteiger partial charge >= 0.3 is 7.12 Å². The van der Waals surface area contributed by atoms with Crippen LogP contribution in [0.5, 0.6) is 0 Å². The molecule has 3 nitrogen and oxygen atoms in total. The van der Waals surface area contributed by atoms with E-state index in [0.717, 1.165) is 16.9 Å². The molecule has 88 valence electrons. The van der Waals surface area contributed by atoms with Crippen LogP contribution >= 0.6 is 0 Å². The van der Waals surface area contributed by atoms with E-state index in [2.05, 4.69) is 38.7 Å². The standard InChI is InChI=1S/C12H20BNO2/c1-8-7-10(9(2)14-8)13-15-11(3,4)12(5,6)16-13/h7,14H,1-6H3. The topological polar surface area (TPSA) is 34.2 Å². The number of H-pyrrole nitrogens is 1. The fourth-order valence-corrected chi connectivity index (χ4v) is 1.96. The van der Waals surface area contributed by atoms with Gasteiger partial charge in [-0.25, -0.2) is 0 Å². The maximum atomic E-state index is 6.00. The first kappa shape index (κ1) is 11.7. The summed E-state index contributed by atoms with van der Waals surface area (Å²) in [5.74, 6) is 0. The Labute approximate surface area is 97.7 Å². The lowest BCUT2D eigenvalue weighted by molar-refractivity contribution is 0.00578. The van der Waals surface area contributed by atoms with E-state index < -0.39 is 0 Å². The number of nitrogens with one attached hydrogen (secondary N) is 1. The molecule has 0 aromatic carbocycles. The highest BCUT2D eigenvalue weighted by Crippen LogP contribution is 2.36. The molecule has 1 aliphatic rings. The van der Waals surface area contributed by atoms with Crippen molar-refractivity contribution in [2.24, 2.45) is 0 Å². The summed E-state index contributed by atoms with van der Waals surface area (Å²) in [4.78, 5) is 3.28. The predicted octanol–water partition coefficient (Wildman–Crippen LogP) is 1.93. The third-order valence-corrected chi connectivity index (χ3v) is 3.70. The van der Waals surface area contributed by atoms with Gasteiger partial charge in [0.25, 0.3) is 0 Å². The third kappa shape index (κ3) is 1.70. The van der Waals surface area contributed by atoms with Gasteiger partial charge in [0.05, 0.1) is 11.2 Å². The first-order valence-electron chi connectivity index (χ1n) is 5.75. The van der Waals surface area contributed by atoms with Crippen molar-refractivity contribution in [3.05, 3.63) is 17.5 Å². The summed E-state index contributed by atoms with van der Waals surface area (Å²) in [6, 6.07) is 2.09. The molecule has 16 heavy (non-hydrogen) atoms. The average Bonchev–Trinajstić information content (AvgIpc) is 2.51. The minimum atomic E-state index is -0.269. The minimum Gasteiger partial charge on any atom is -0.399 e. The Kier molecular flexibility index (Phi) is 2.48. The van der Waals surface area contributed by atoms with Crippen LogP contribution in [0.15, 0.2) is 6.07 Å². The lowest BCUT2D eigenvalue weighted by Gasteiger charge is -2.32. The third-order valence-electron chi connectivity index (χ3n) is 3.70. The summed E-state index contributed by atoms with van der Waals surface area (Å²) < 4.78 is 12.0. The quantitative estimate of drug-likeness (QED) is 0.735. The summed E-state index contributed by atoms with van der Waals surface area (Å²) in [5, 5.41) is 0. The van der Waals surface area contributed by atoms with E-state index in [1.54, 1.807) is 0 Å². The molecule has 0 atom stereocenters. The summed E-state index contributed by atoms with van der Waals surface area (Å²) in [6.07, 6.45) is 0. The molecular formula is C12H20BNO2. The molecule has 1 fully saturated rings. The normalized spacial score (nSPS) is 22.8. The van der Waals surface area contributed by atoms with Gasteiger partial charge in [-0.05, 0) is 47.6 Å². The summed E-state index contributed by atoms with van der Waals surface area (Å²) in [7, 11) is -0.255. The SMILES string of the molecule is Cc1cc(B2OC(C)(C)C(C)(C)O2)c(C)[nH]1. The fourth-order valence-electron chi connectivity index (χ4n) is 1.96. The van der Waals surface area contributed by atoms with Gasteiger partial charge in [-0.1, -0.05) is 0 Å². The Hall–Kier alpha value is -0.735. The smallest absolute Gasteiger partial charge is 0.399 e. The molecular weight excluding hydrogens is 201 g/mol. The second-order valence-corrected chi connectivity index (χ2v) is 5.62. The van der Waals surface area contributed by atoms with Gasteiger partial charge < -0.3 is 14.3 Å². The van der Waals surface area contributed by atoms with Crippen LogP contribution in [-0.4, -0.2) is 23.3 Å². The van der Waals surface area contributed by atoms with Crippen LogP contribution in [0.2, 0.25) is 0 Å². The highest BCUT2D eigenvalue weighted by molar-refractivity contribution is 6.62. The van der Waals surface area contributed by atoms with Crippen molar-refractivity contribution >= 4 is 12.6 Å². The van der Waals surface area contributed by atoms with Gasteiger partial charge in [-0.2, -0.15) is 0 Å². The Morgan fingerprint density at radius 2 is 1.56 bits per heavy atom. The van der Waals surface area contributed by atoms with Gasteiger partial charge in [-0.15, -0.1) is 0 Å². The minimum absolute atomic E-state index is 0.255. The summed E-state index contributed by atoms with van der Waals surface area (Å²) in [5.41, 5.74) is 2.83. The van der Waals surface area contributed by atoms with Gasteiger partial charge in [0.2, 0.25) is 0 Å². The van der Waals surface area contributed by atoms with Crippen LogP contribution in [0.1, 0.15) is 39.1 Å². The first-order chi connectivity index (χ1) is 7.23. The van der Waals surface area contributed by atoms with Crippen molar-refractivity contribution < 1.29 is 9.31 Å². The Morgan fingerprint density at radius 3 is 1.94 bits per heavy atom. The van der Waals surface area contributed by atoms with Crippen LogP contribution in [0, 0.1) is 13.8 Å². The van der Waals surface area contributed by atoms with E-state index in [-0.39, 0.29) is 18.3 Å². The monoisotopic (exact) mass is 221 g/mol. The van der Waals surface area contributed by atoms with Gasteiger partial charge in [0.1, 0.15) is 0 Å². The molecule has 2 heterocycles. The molecule has 4 heteroatoms. The molecule has 0 radical (unpaired) electrons. The highest BCUT2D eigenvalue weighted by atomic mass is 16.7. The Morgan fingerprint density at radius 1 is 1.06 bits per heavy atom. The molecule has 0 bridgehead atoms. The van der Waals surface area contributed by atoms with Crippen molar-refractivity contribution in [2.75, 3.05) is 0 Å². The van der Waals surface area contributed by atoms with E-state index >= 15 is 0 Å². The van der Waals surface area contributed by atoms with Gasteiger partial charge in [0.15, 0.2) is 0 Å². The average molecular weight is 221 g/mol. The van der Waals surface area contributed by atoms with Crippen LogP contribution in [0.4, 0.5) is 0 Å². The number of rotatable bonds is 1. The van der Waals surface area contributed by atoms with E-state index in [9.17, 15) is 0 Å². The largest absolute Gasteiger partial charge is 0.496 e. The fraction of sp³-hybridized carbons (Fsp3) is 0.667. The molecule has 1 aromatic heterocycles. The zero-order valence-corrected chi connectivity index (χ0v) is 11.0. The van der Waals surface area contributed by atoms with Crippen molar-refractivity contribution in [1.82, 2.24) is 4.98 Å². The summed E-state index contributed by atoms with van der Waals surface area (Å²) in [6.45, 7) is 12.4. The van der Waals surface area contributed by atoms with Crippen LogP contribution in [-0.2, 0) is 9.31 Å². The zero-order valence-electron chi connectivity index (χ0n) is 11.0. The van der Waals surface area contributed by atoms with Gasteiger partial charge in [-0.3, -0.25) is 0 Å². The van der Waals surface area contributed by atoms with Crippen molar-refractivity contribution in [1.29, 1.82) is 0 Å². The number of hydrogen-bond donors (Lipinski definition) is 1. The molecule has 1 aromatic rings. The Balaban J connectivity index is 2.30. The van der Waals surface area contributed by atoms with Crippen LogP contribution in [0.3, 0.4) is 0 Å². The highest BCUT2D eigenvalue weighted by Gasteiger charge is 2.52. The molecule has 1 aliphatic heterocycles. The van der Waals surface area contributed by atoms with E-state index in [4.69, 9.17) is 9.31 Å². The number of hydrogen-bond acceptors (Lipinski definition) is 2. The first-order valence-corrected chi connectivity index (χ1v) is 5.75. The van der Waals surface area contributed by atoms with E-state index in [1.165, 1.54) is 0 Å². The summed E-state index contributed by atoms with van der Waals surface area (Å²) >= 11 is 0. The second-order valence-electron chi connectivity index (χ2n) is 5.62. The van der Waals surface area contributed by atoms with E-state index in [0.29, 0.717) is 0 Å². The lowest BCUT2D eigenvalue weighted by atomic mass is 9.79. The lowest BCUT2D eigenvalue weighted by Crippen LogP contribution is -2.41. The molecule has 1 N–H and O–H groups in total. The van der Waals surface area contributed by atoms with Crippen molar-refractivity contribution in [3.63, 3.8) is 0 Å². The zero-order chi connectivity index (χ0) is 12.1. The predicted molar refractivity (Wildman–Crippen MR) is 66.0 cm³/mol. The molecule has 2 rings (SSSR count). The maximum absolute atomic E-state index is 6.00. The van der Waals surface area contributed by atoms with Crippen LogP contribution in [0.25, 0.3) is 0 Å². The maximum Gasteiger partial charge on any atom is 0.496 e. The van der Waals surface area contributed by atoms with Crippen LogP contribution < -0.4 is 5.46 Å². The second kappa shape index (κ2) is 3.38. The molecule has 0 unspecified atom stereocenters. The van der Waals surface area contributed by atoms with Crippen molar-refractivity contribution in [3.8, 4) is 0 Å².